The van der Waals surface area contributed by atoms with Crippen molar-refractivity contribution in [3.05, 3.63) is 23.3 Å². The van der Waals surface area contributed by atoms with Gasteiger partial charge in [-0.1, -0.05) is 37.1 Å². The molecule has 0 heterocycles. The standard InChI is InChI=1S/C22H34O3/c1-13(2)8-7-9-14(3)17-12-18(24)21(6)20(17)19-15(4)10-11-22(19,21)25-16(5)23/h8-9,15,17-20,24H,7,10-12H2,1-6H3/b14-9-/t15-,17+,18+,19?,20?,21+,22?/m1/s1. The quantitative estimate of drug-likeness (QED) is 0.595. The zero-order valence-corrected chi connectivity index (χ0v) is 16.6. The fourth-order valence-electron chi connectivity index (χ4n) is 6.47. The molecule has 3 unspecified atom stereocenters. The lowest BCUT2D eigenvalue weighted by Gasteiger charge is -2.65. The van der Waals surface area contributed by atoms with E-state index in [1.165, 1.54) is 18.1 Å². The Morgan fingerprint density at radius 1 is 1.20 bits per heavy atom. The number of allylic oxidation sites excluding steroid dienone is 4. The van der Waals surface area contributed by atoms with Gasteiger partial charge in [0.15, 0.2) is 0 Å². The van der Waals surface area contributed by atoms with Crippen molar-refractivity contribution in [3.8, 4) is 0 Å². The van der Waals surface area contributed by atoms with Gasteiger partial charge in [0.1, 0.15) is 5.60 Å². The molecule has 25 heavy (non-hydrogen) atoms. The first-order chi connectivity index (χ1) is 11.6. The first-order valence-electron chi connectivity index (χ1n) is 9.82. The summed E-state index contributed by atoms with van der Waals surface area (Å²) >= 11 is 0. The SMILES string of the molecule is CC(=O)OC12CC[C@@H](C)C1C1[C@H](/C(C)=C\CC=C(C)C)C[C@H](O)[C@@]12C. The molecular weight excluding hydrogens is 312 g/mol. The van der Waals surface area contributed by atoms with Gasteiger partial charge in [0.25, 0.3) is 0 Å². The molecule has 0 bridgehead atoms. The van der Waals surface area contributed by atoms with Crippen LogP contribution in [0.4, 0.5) is 0 Å². The summed E-state index contributed by atoms with van der Waals surface area (Å²) in [5, 5.41) is 11.0. The van der Waals surface area contributed by atoms with Crippen LogP contribution in [0.2, 0.25) is 0 Å². The maximum Gasteiger partial charge on any atom is 0.303 e. The monoisotopic (exact) mass is 346 g/mol. The van der Waals surface area contributed by atoms with Crippen LogP contribution in [0.1, 0.15) is 67.2 Å². The molecule has 0 spiro atoms. The van der Waals surface area contributed by atoms with Gasteiger partial charge in [-0.2, -0.15) is 0 Å². The third kappa shape index (κ3) is 2.53. The van der Waals surface area contributed by atoms with Crippen LogP contribution in [0.3, 0.4) is 0 Å². The van der Waals surface area contributed by atoms with E-state index in [4.69, 9.17) is 4.74 Å². The minimum absolute atomic E-state index is 0.203. The smallest absolute Gasteiger partial charge is 0.303 e. The summed E-state index contributed by atoms with van der Waals surface area (Å²) in [7, 11) is 0. The van der Waals surface area contributed by atoms with E-state index in [1.807, 2.05) is 0 Å². The highest BCUT2D eigenvalue weighted by Gasteiger charge is 2.80. The molecule has 3 nitrogen and oxygen atoms in total. The van der Waals surface area contributed by atoms with Gasteiger partial charge >= 0.3 is 5.97 Å². The summed E-state index contributed by atoms with van der Waals surface area (Å²) in [6.45, 7) is 12.4. The van der Waals surface area contributed by atoms with Crippen molar-refractivity contribution < 1.29 is 14.6 Å². The van der Waals surface area contributed by atoms with Crippen LogP contribution in [-0.4, -0.2) is 22.8 Å². The molecule has 0 saturated heterocycles. The van der Waals surface area contributed by atoms with Crippen molar-refractivity contribution >= 4 is 5.97 Å². The molecule has 140 valence electrons. The molecule has 3 aliphatic rings. The lowest BCUT2D eigenvalue weighted by atomic mass is 9.43. The third-order valence-electron chi connectivity index (χ3n) is 7.59. The first-order valence-corrected chi connectivity index (χ1v) is 9.82. The number of hydrogen-bond acceptors (Lipinski definition) is 3. The van der Waals surface area contributed by atoms with Crippen LogP contribution in [0, 0.1) is 29.1 Å². The number of aliphatic hydroxyl groups excluding tert-OH is 1. The van der Waals surface area contributed by atoms with Crippen LogP contribution < -0.4 is 0 Å². The minimum atomic E-state index is -0.447. The summed E-state index contributed by atoms with van der Waals surface area (Å²) in [6.07, 6.45) is 7.91. The Morgan fingerprint density at radius 2 is 1.88 bits per heavy atom. The molecule has 3 fully saturated rings. The molecule has 3 rings (SSSR count). The Morgan fingerprint density at radius 3 is 2.48 bits per heavy atom. The normalized spacial score (nSPS) is 45.4. The molecule has 0 aromatic carbocycles. The zero-order chi connectivity index (χ0) is 18.6. The van der Waals surface area contributed by atoms with Gasteiger partial charge in [-0.05, 0) is 64.2 Å². The number of carbonyl (C=O) groups excluding carboxylic acids is 1. The average Bonchev–Trinajstić information content (AvgIpc) is 2.91. The minimum Gasteiger partial charge on any atom is -0.458 e. The Bertz CT molecular complexity index is 615. The van der Waals surface area contributed by atoms with Gasteiger partial charge in [0, 0.05) is 18.3 Å². The van der Waals surface area contributed by atoms with Crippen LogP contribution in [-0.2, 0) is 9.53 Å². The van der Waals surface area contributed by atoms with Crippen molar-refractivity contribution in [2.24, 2.45) is 29.1 Å². The van der Waals surface area contributed by atoms with E-state index >= 15 is 0 Å². The topological polar surface area (TPSA) is 46.5 Å². The van der Waals surface area contributed by atoms with Crippen LogP contribution in [0.15, 0.2) is 23.3 Å². The first kappa shape index (κ1) is 18.7. The van der Waals surface area contributed by atoms with Gasteiger partial charge in [-0.25, -0.2) is 0 Å². The summed E-state index contributed by atoms with van der Waals surface area (Å²) in [4.78, 5) is 11.8. The van der Waals surface area contributed by atoms with E-state index < -0.39 is 11.7 Å². The average molecular weight is 347 g/mol. The molecule has 0 radical (unpaired) electrons. The summed E-state index contributed by atoms with van der Waals surface area (Å²) in [5.74, 6) is 1.55. The van der Waals surface area contributed by atoms with E-state index in [0.29, 0.717) is 23.7 Å². The van der Waals surface area contributed by atoms with Crippen molar-refractivity contribution in [2.75, 3.05) is 0 Å². The van der Waals surface area contributed by atoms with Gasteiger partial charge in [-0.15, -0.1) is 0 Å². The molecule has 3 saturated carbocycles. The predicted molar refractivity (Wildman–Crippen MR) is 99.9 cm³/mol. The Hall–Kier alpha value is -1.09. The number of aliphatic hydroxyl groups is 1. The highest BCUT2D eigenvalue weighted by Crippen LogP contribution is 2.76. The number of carbonyl (C=O) groups is 1. The third-order valence-corrected chi connectivity index (χ3v) is 7.59. The highest BCUT2D eigenvalue weighted by molar-refractivity contribution is 5.67. The number of hydrogen-bond donors (Lipinski definition) is 1. The molecule has 0 aromatic rings. The van der Waals surface area contributed by atoms with E-state index in [9.17, 15) is 9.90 Å². The molecule has 0 amide bonds. The maximum absolute atomic E-state index is 11.8. The zero-order valence-electron chi connectivity index (χ0n) is 16.6. The van der Waals surface area contributed by atoms with Crippen molar-refractivity contribution in [1.82, 2.24) is 0 Å². The molecule has 1 N–H and O–H groups in total. The number of esters is 1. The summed E-state index contributed by atoms with van der Waals surface area (Å²) in [6, 6.07) is 0. The second-order valence-corrected chi connectivity index (χ2v) is 9.16. The molecule has 0 aliphatic heterocycles. The Balaban J connectivity index is 1.91. The van der Waals surface area contributed by atoms with Gasteiger partial charge < -0.3 is 9.84 Å². The van der Waals surface area contributed by atoms with Crippen LogP contribution in [0.5, 0.6) is 0 Å². The lowest BCUT2D eigenvalue weighted by molar-refractivity contribution is -0.277. The van der Waals surface area contributed by atoms with Crippen LogP contribution >= 0.6 is 0 Å². The fourth-order valence-corrected chi connectivity index (χ4v) is 6.47. The maximum atomic E-state index is 11.8. The van der Waals surface area contributed by atoms with E-state index in [-0.39, 0.29) is 11.4 Å². The summed E-state index contributed by atoms with van der Waals surface area (Å²) in [5.41, 5.74) is 1.98. The van der Waals surface area contributed by atoms with Crippen molar-refractivity contribution in [2.45, 2.75) is 78.9 Å². The molecule has 3 heteroatoms. The lowest BCUT2D eigenvalue weighted by Crippen LogP contribution is -2.71. The van der Waals surface area contributed by atoms with E-state index in [2.05, 4.69) is 46.8 Å². The van der Waals surface area contributed by atoms with Gasteiger partial charge in [-0.3, -0.25) is 4.79 Å². The molecular formula is C22H34O3. The fraction of sp³-hybridized carbons (Fsp3) is 0.773. The van der Waals surface area contributed by atoms with Crippen molar-refractivity contribution in [3.63, 3.8) is 0 Å². The number of rotatable bonds is 4. The number of ether oxygens (including phenoxy) is 1. The van der Waals surface area contributed by atoms with Gasteiger partial charge in [0.05, 0.1) is 6.10 Å². The largest absolute Gasteiger partial charge is 0.458 e. The number of fused-ring (bicyclic) bond motifs is 4. The second-order valence-electron chi connectivity index (χ2n) is 9.16. The Kier molecular flexibility index (Phi) is 4.68. The van der Waals surface area contributed by atoms with Gasteiger partial charge in [0.2, 0.25) is 0 Å². The Labute approximate surface area is 152 Å². The van der Waals surface area contributed by atoms with E-state index in [0.717, 1.165) is 25.7 Å². The highest BCUT2D eigenvalue weighted by atomic mass is 16.6. The van der Waals surface area contributed by atoms with Crippen LogP contribution in [0.25, 0.3) is 0 Å². The molecule has 7 atom stereocenters. The van der Waals surface area contributed by atoms with Crippen molar-refractivity contribution in [1.29, 1.82) is 0 Å². The molecule has 0 aromatic heterocycles. The molecule has 3 aliphatic carbocycles. The summed E-state index contributed by atoms with van der Waals surface area (Å²) < 4.78 is 5.97. The predicted octanol–water partition coefficient (Wildman–Crippen LogP) is 4.65. The second kappa shape index (κ2) is 6.26. The van der Waals surface area contributed by atoms with E-state index in [1.54, 1.807) is 0 Å².